The zero-order valence-electron chi connectivity index (χ0n) is 23.9. The first-order chi connectivity index (χ1) is 20.6. The lowest BCUT2D eigenvalue weighted by atomic mass is 10.0. The Balaban J connectivity index is 1.79. The molecule has 0 aliphatic carbocycles. The summed E-state index contributed by atoms with van der Waals surface area (Å²) in [5.41, 5.74) is 2.58. The molecule has 0 unspecified atom stereocenters. The molecule has 224 valence electrons. The molecule has 0 aliphatic heterocycles. The van der Waals surface area contributed by atoms with E-state index in [1.54, 1.807) is 19.1 Å². The predicted molar refractivity (Wildman–Crippen MR) is 169 cm³/mol. The highest BCUT2D eigenvalue weighted by Crippen LogP contribution is 2.26. The van der Waals surface area contributed by atoms with Crippen molar-refractivity contribution < 1.29 is 22.4 Å². The summed E-state index contributed by atoms with van der Waals surface area (Å²) in [6.45, 7) is 3.43. The normalized spacial score (nSPS) is 11.9. The Labute approximate surface area is 260 Å². The average Bonchev–Trinajstić information content (AvgIpc) is 2.99. The van der Waals surface area contributed by atoms with E-state index in [4.69, 9.17) is 0 Å². The molecule has 1 atom stereocenters. The van der Waals surface area contributed by atoms with Gasteiger partial charge in [0.1, 0.15) is 18.4 Å². The average molecular weight is 667 g/mol. The van der Waals surface area contributed by atoms with Crippen LogP contribution in [-0.4, -0.2) is 44.3 Å². The number of nitrogens with one attached hydrogen (secondary N) is 1. The molecule has 0 aromatic heterocycles. The Hall–Kier alpha value is -4.02. The molecular weight excluding hydrogens is 633 g/mol. The summed E-state index contributed by atoms with van der Waals surface area (Å²) < 4.78 is 43.5. The monoisotopic (exact) mass is 665 g/mol. The van der Waals surface area contributed by atoms with Crippen molar-refractivity contribution >= 4 is 43.5 Å². The molecule has 0 saturated heterocycles. The molecule has 0 aliphatic rings. The van der Waals surface area contributed by atoms with E-state index in [0.717, 1.165) is 37.6 Å². The second kappa shape index (κ2) is 14.4. The maximum atomic E-state index is 14.3. The molecule has 4 rings (SSSR count). The van der Waals surface area contributed by atoms with Crippen molar-refractivity contribution in [2.24, 2.45) is 0 Å². The van der Waals surface area contributed by atoms with Crippen molar-refractivity contribution in [3.8, 4) is 0 Å². The van der Waals surface area contributed by atoms with Gasteiger partial charge in [0.25, 0.3) is 10.0 Å². The van der Waals surface area contributed by atoms with Crippen LogP contribution in [-0.2, 0) is 32.6 Å². The lowest BCUT2D eigenvalue weighted by Gasteiger charge is -2.34. The van der Waals surface area contributed by atoms with Crippen molar-refractivity contribution in [1.82, 2.24) is 10.2 Å². The summed E-state index contributed by atoms with van der Waals surface area (Å²) in [4.78, 5) is 29.2. The number of sulfonamides is 1. The fourth-order valence-electron chi connectivity index (χ4n) is 4.65. The maximum absolute atomic E-state index is 14.3. The zero-order valence-corrected chi connectivity index (χ0v) is 26.3. The van der Waals surface area contributed by atoms with E-state index in [1.165, 1.54) is 29.2 Å². The van der Waals surface area contributed by atoms with Crippen molar-refractivity contribution in [3.63, 3.8) is 0 Å². The van der Waals surface area contributed by atoms with E-state index >= 15 is 0 Å². The maximum Gasteiger partial charge on any atom is 0.264 e. The number of rotatable bonds is 12. The lowest BCUT2D eigenvalue weighted by Crippen LogP contribution is -2.53. The molecule has 43 heavy (non-hydrogen) atoms. The fourth-order valence-corrected chi connectivity index (χ4v) is 6.51. The number of aryl methyl sites for hydroxylation is 1. The molecule has 10 heteroatoms. The van der Waals surface area contributed by atoms with Crippen LogP contribution in [0.25, 0.3) is 0 Å². The second-order valence-electron chi connectivity index (χ2n) is 10.1. The molecule has 0 fully saturated rings. The minimum Gasteiger partial charge on any atom is -0.355 e. The third-order valence-electron chi connectivity index (χ3n) is 6.87. The van der Waals surface area contributed by atoms with Gasteiger partial charge in [0.15, 0.2) is 0 Å². The van der Waals surface area contributed by atoms with Crippen LogP contribution in [0.1, 0.15) is 23.6 Å². The van der Waals surface area contributed by atoms with E-state index < -0.39 is 34.3 Å². The van der Waals surface area contributed by atoms with Gasteiger partial charge < -0.3 is 10.2 Å². The molecular formula is C33H33BrFN3O4S. The third kappa shape index (κ3) is 8.30. The third-order valence-corrected chi connectivity index (χ3v) is 9.15. The Morgan fingerprint density at radius 3 is 2.16 bits per heavy atom. The number of carbonyl (C=O) groups is 2. The summed E-state index contributed by atoms with van der Waals surface area (Å²) in [7, 11) is -4.25. The number of carbonyl (C=O) groups excluding carboxylic acids is 2. The number of anilines is 1. The quantitative estimate of drug-likeness (QED) is 0.205. The molecule has 0 heterocycles. The minimum absolute atomic E-state index is 0.0154. The molecule has 4 aromatic rings. The first-order valence-electron chi connectivity index (χ1n) is 13.8. The molecule has 0 spiro atoms. The second-order valence-corrected chi connectivity index (χ2v) is 12.8. The van der Waals surface area contributed by atoms with Crippen LogP contribution >= 0.6 is 15.9 Å². The SMILES string of the molecule is CCNC(=O)[C@H](Cc1ccccc1)N(Cc1cccc(Br)c1)C(=O)CN(c1ccc(F)cc1)S(=O)(=O)c1ccc(C)cc1. The van der Waals surface area contributed by atoms with E-state index in [-0.39, 0.29) is 29.5 Å². The van der Waals surface area contributed by atoms with Gasteiger partial charge in [-0.25, -0.2) is 12.8 Å². The van der Waals surface area contributed by atoms with Gasteiger partial charge in [-0.2, -0.15) is 0 Å². The number of likely N-dealkylation sites (N-methyl/N-ethyl adjacent to an activating group) is 1. The first-order valence-corrected chi connectivity index (χ1v) is 16.0. The summed E-state index contributed by atoms with van der Waals surface area (Å²) in [6, 6.07) is 27.0. The highest BCUT2D eigenvalue weighted by atomic mass is 79.9. The number of halogens is 2. The first kappa shape index (κ1) is 31.9. The van der Waals surface area contributed by atoms with Crippen molar-refractivity contribution in [2.75, 3.05) is 17.4 Å². The van der Waals surface area contributed by atoms with Gasteiger partial charge in [-0.15, -0.1) is 0 Å². The predicted octanol–water partition coefficient (Wildman–Crippen LogP) is 5.87. The number of nitrogens with zero attached hydrogens (tertiary/aromatic N) is 2. The standard InChI is InChI=1S/C33H33BrFN3O4S/c1-3-36-33(40)31(21-25-8-5-4-6-9-25)37(22-26-10-7-11-27(34)20-26)32(39)23-38(29-16-14-28(35)15-17-29)43(41,42)30-18-12-24(2)13-19-30/h4-20,31H,3,21-23H2,1-2H3,(H,36,40)/t31-/m0/s1. The zero-order chi connectivity index (χ0) is 31.0. The van der Waals surface area contributed by atoms with Gasteiger partial charge in [-0.3, -0.25) is 13.9 Å². The van der Waals surface area contributed by atoms with E-state index in [2.05, 4.69) is 21.2 Å². The number of amides is 2. The molecule has 7 nitrogen and oxygen atoms in total. The Morgan fingerprint density at radius 2 is 1.53 bits per heavy atom. The lowest BCUT2D eigenvalue weighted by molar-refractivity contribution is -0.140. The molecule has 4 aromatic carbocycles. The van der Waals surface area contributed by atoms with Crippen molar-refractivity contribution in [2.45, 2.75) is 37.8 Å². The largest absolute Gasteiger partial charge is 0.355 e. The number of hydrogen-bond acceptors (Lipinski definition) is 4. The van der Waals surface area contributed by atoms with E-state index in [9.17, 15) is 22.4 Å². The number of hydrogen-bond donors (Lipinski definition) is 1. The molecule has 0 bridgehead atoms. The van der Waals surface area contributed by atoms with Gasteiger partial charge in [0.05, 0.1) is 10.6 Å². The molecule has 1 N–H and O–H groups in total. The fraction of sp³-hybridized carbons (Fsp3) is 0.212. The van der Waals surface area contributed by atoms with Crippen LogP contribution in [0.5, 0.6) is 0 Å². The summed E-state index contributed by atoms with van der Waals surface area (Å²) in [6.07, 6.45) is 0.216. The van der Waals surface area contributed by atoms with Gasteiger partial charge in [0.2, 0.25) is 11.8 Å². The highest BCUT2D eigenvalue weighted by Gasteiger charge is 2.34. The van der Waals surface area contributed by atoms with Crippen LogP contribution in [0.15, 0.2) is 112 Å². The summed E-state index contributed by atoms with van der Waals surface area (Å²) >= 11 is 3.47. The molecule has 0 radical (unpaired) electrons. The van der Waals surface area contributed by atoms with Crippen molar-refractivity contribution in [1.29, 1.82) is 0 Å². The summed E-state index contributed by atoms with van der Waals surface area (Å²) in [5.74, 6) is -1.49. The van der Waals surface area contributed by atoms with Crippen LogP contribution in [0.2, 0.25) is 0 Å². The minimum atomic E-state index is -4.25. The van der Waals surface area contributed by atoms with Gasteiger partial charge in [0, 0.05) is 24.0 Å². The molecule has 0 saturated carbocycles. The van der Waals surface area contributed by atoms with E-state index in [1.807, 2.05) is 61.5 Å². The van der Waals surface area contributed by atoms with Gasteiger partial charge >= 0.3 is 0 Å². The van der Waals surface area contributed by atoms with E-state index in [0.29, 0.717) is 6.54 Å². The molecule has 2 amide bonds. The smallest absolute Gasteiger partial charge is 0.264 e. The van der Waals surface area contributed by atoms with Crippen LogP contribution in [0, 0.1) is 12.7 Å². The number of benzene rings is 4. The van der Waals surface area contributed by atoms with Gasteiger partial charge in [-0.1, -0.05) is 76.1 Å². The Kier molecular flexibility index (Phi) is 10.7. The van der Waals surface area contributed by atoms with Crippen LogP contribution < -0.4 is 9.62 Å². The van der Waals surface area contributed by atoms with Crippen molar-refractivity contribution in [3.05, 3.63) is 130 Å². The topological polar surface area (TPSA) is 86.8 Å². The van der Waals surface area contributed by atoms with Crippen LogP contribution in [0.3, 0.4) is 0 Å². The Bertz CT molecular complexity index is 1650. The summed E-state index contributed by atoms with van der Waals surface area (Å²) in [5, 5.41) is 2.84. The Morgan fingerprint density at radius 1 is 0.884 bits per heavy atom. The van der Waals surface area contributed by atoms with Crippen LogP contribution in [0.4, 0.5) is 10.1 Å². The highest BCUT2D eigenvalue weighted by molar-refractivity contribution is 9.10. The van der Waals surface area contributed by atoms with Gasteiger partial charge in [-0.05, 0) is 73.5 Å².